The number of benzene rings is 2. The van der Waals surface area contributed by atoms with Crippen LogP contribution >= 0.6 is 0 Å². The van der Waals surface area contributed by atoms with Crippen LogP contribution in [0, 0.1) is 6.92 Å². The number of hydrogen-bond donors (Lipinski definition) is 3. The maximum atomic E-state index is 10.1. The van der Waals surface area contributed by atoms with E-state index in [0.717, 1.165) is 16.9 Å². The molecule has 0 aliphatic heterocycles. The summed E-state index contributed by atoms with van der Waals surface area (Å²) in [4.78, 5) is 4.26. The number of nitrogens with zero attached hydrogens (tertiary/aromatic N) is 1. The molecule has 0 amide bonds. The molecule has 0 saturated carbocycles. The highest BCUT2D eigenvalue weighted by molar-refractivity contribution is 5.79. The average molecular weight is 386 g/mol. The standard InChI is InChI=1S/C22H31N3O3/c1-15(2)28-21-12-16(3)6-7-18(21)14-25-22(23-4)24-11-10-17-8-9-19(27-5)13-20(17)26/h6-9,12-13,15,26H,10-11,14H2,1-5H3,(H2,23,24,25). The smallest absolute Gasteiger partial charge is 0.191 e. The number of nitrogens with one attached hydrogen (secondary N) is 2. The zero-order chi connectivity index (χ0) is 20.5. The average Bonchev–Trinajstić information content (AvgIpc) is 2.66. The van der Waals surface area contributed by atoms with E-state index in [2.05, 4.69) is 40.7 Å². The van der Waals surface area contributed by atoms with Crippen LogP contribution in [0.15, 0.2) is 41.4 Å². The van der Waals surface area contributed by atoms with Gasteiger partial charge in [-0.2, -0.15) is 0 Å². The summed E-state index contributed by atoms with van der Waals surface area (Å²) in [7, 11) is 3.32. The maximum absolute atomic E-state index is 10.1. The molecule has 0 aliphatic rings. The first-order valence-electron chi connectivity index (χ1n) is 9.49. The molecule has 2 rings (SSSR count). The fourth-order valence-corrected chi connectivity index (χ4v) is 2.77. The van der Waals surface area contributed by atoms with E-state index in [-0.39, 0.29) is 11.9 Å². The van der Waals surface area contributed by atoms with Gasteiger partial charge in [0.2, 0.25) is 0 Å². The molecular weight excluding hydrogens is 354 g/mol. The molecule has 0 bridgehead atoms. The van der Waals surface area contributed by atoms with Gasteiger partial charge in [0.25, 0.3) is 0 Å². The van der Waals surface area contributed by atoms with E-state index >= 15 is 0 Å². The van der Waals surface area contributed by atoms with Crippen molar-refractivity contribution in [1.82, 2.24) is 10.6 Å². The minimum Gasteiger partial charge on any atom is -0.508 e. The lowest BCUT2D eigenvalue weighted by Crippen LogP contribution is -2.38. The van der Waals surface area contributed by atoms with E-state index in [4.69, 9.17) is 9.47 Å². The molecule has 3 N–H and O–H groups in total. The van der Waals surface area contributed by atoms with Gasteiger partial charge < -0.3 is 25.2 Å². The van der Waals surface area contributed by atoms with E-state index in [1.165, 1.54) is 5.56 Å². The Kier molecular flexibility index (Phi) is 7.99. The van der Waals surface area contributed by atoms with Crippen molar-refractivity contribution in [3.8, 4) is 17.2 Å². The Morgan fingerprint density at radius 1 is 1.11 bits per heavy atom. The van der Waals surface area contributed by atoms with Crippen molar-refractivity contribution in [2.24, 2.45) is 4.99 Å². The van der Waals surface area contributed by atoms with Crippen molar-refractivity contribution in [1.29, 1.82) is 0 Å². The number of ether oxygens (including phenoxy) is 2. The molecule has 2 aromatic carbocycles. The van der Waals surface area contributed by atoms with Crippen LogP contribution < -0.4 is 20.1 Å². The van der Waals surface area contributed by atoms with Crippen molar-refractivity contribution in [2.45, 2.75) is 39.8 Å². The molecule has 0 aliphatic carbocycles. The lowest BCUT2D eigenvalue weighted by atomic mass is 10.1. The van der Waals surface area contributed by atoms with E-state index in [1.807, 2.05) is 26.0 Å². The monoisotopic (exact) mass is 385 g/mol. The second kappa shape index (κ2) is 10.4. The Balaban J connectivity index is 1.90. The molecule has 0 radical (unpaired) electrons. The molecule has 0 atom stereocenters. The van der Waals surface area contributed by atoms with Crippen LogP contribution in [0.3, 0.4) is 0 Å². The molecule has 0 aromatic heterocycles. The molecule has 6 nitrogen and oxygen atoms in total. The molecule has 152 valence electrons. The number of rotatable bonds is 8. The van der Waals surface area contributed by atoms with Crippen LogP contribution in [-0.2, 0) is 13.0 Å². The Labute approximate surface area is 167 Å². The summed E-state index contributed by atoms with van der Waals surface area (Å²) in [5, 5.41) is 16.6. The number of aryl methyl sites for hydroxylation is 1. The second-order valence-electron chi connectivity index (χ2n) is 6.87. The van der Waals surface area contributed by atoms with Crippen LogP contribution in [-0.4, -0.2) is 37.9 Å². The van der Waals surface area contributed by atoms with Gasteiger partial charge in [-0.05, 0) is 50.5 Å². The molecular formula is C22H31N3O3. The van der Waals surface area contributed by atoms with Gasteiger partial charge in [-0.15, -0.1) is 0 Å². The van der Waals surface area contributed by atoms with Gasteiger partial charge in [-0.1, -0.05) is 18.2 Å². The molecule has 0 unspecified atom stereocenters. The van der Waals surface area contributed by atoms with Crippen molar-refractivity contribution < 1.29 is 14.6 Å². The Hall–Kier alpha value is -2.89. The first kappa shape index (κ1) is 21.4. The van der Waals surface area contributed by atoms with Crippen LogP contribution in [0.1, 0.15) is 30.5 Å². The van der Waals surface area contributed by atoms with Crippen molar-refractivity contribution in [3.05, 3.63) is 53.1 Å². The highest BCUT2D eigenvalue weighted by Gasteiger charge is 2.08. The lowest BCUT2D eigenvalue weighted by Gasteiger charge is -2.17. The van der Waals surface area contributed by atoms with Crippen LogP contribution in [0.2, 0.25) is 0 Å². The Bertz CT molecular complexity index is 804. The number of phenols is 1. The number of guanidine groups is 1. The molecule has 28 heavy (non-hydrogen) atoms. The largest absolute Gasteiger partial charge is 0.508 e. The van der Waals surface area contributed by atoms with Gasteiger partial charge in [0.1, 0.15) is 17.2 Å². The molecule has 6 heteroatoms. The summed E-state index contributed by atoms with van der Waals surface area (Å²) in [6, 6.07) is 11.5. The highest BCUT2D eigenvalue weighted by Crippen LogP contribution is 2.23. The molecule has 0 heterocycles. The van der Waals surface area contributed by atoms with Gasteiger partial charge >= 0.3 is 0 Å². The number of aromatic hydroxyl groups is 1. The number of hydrogen-bond acceptors (Lipinski definition) is 4. The minimum absolute atomic E-state index is 0.121. The van der Waals surface area contributed by atoms with Gasteiger partial charge in [-0.25, -0.2) is 0 Å². The third kappa shape index (κ3) is 6.37. The van der Waals surface area contributed by atoms with Crippen LogP contribution in [0.5, 0.6) is 17.2 Å². The number of phenolic OH excluding ortho intramolecular Hbond substituents is 1. The van der Waals surface area contributed by atoms with Crippen LogP contribution in [0.4, 0.5) is 0 Å². The molecule has 0 spiro atoms. The molecule has 2 aromatic rings. The SMILES string of the molecule is CN=C(NCCc1ccc(OC)cc1O)NCc1ccc(C)cc1OC(C)C. The van der Waals surface area contributed by atoms with Crippen molar-refractivity contribution in [3.63, 3.8) is 0 Å². The summed E-state index contributed by atoms with van der Waals surface area (Å²) in [6.45, 7) is 7.35. The second-order valence-corrected chi connectivity index (χ2v) is 6.87. The first-order chi connectivity index (χ1) is 13.4. The van der Waals surface area contributed by atoms with Gasteiger partial charge in [-0.3, -0.25) is 4.99 Å². The third-order valence-corrected chi connectivity index (χ3v) is 4.23. The van der Waals surface area contributed by atoms with E-state index < -0.39 is 0 Å². The van der Waals surface area contributed by atoms with Gasteiger partial charge in [0, 0.05) is 31.8 Å². The third-order valence-electron chi connectivity index (χ3n) is 4.23. The van der Waals surface area contributed by atoms with E-state index in [9.17, 15) is 5.11 Å². The van der Waals surface area contributed by atoms with Gasteiger partial charge in [0.05, 0.1) is 13.2 Å². The predicted molar refractivity (Wildman–Crippen MR) is 114 cm³/mol. The van der Waals surface area contributed by atoms with Crippen molar-refractivity contribution >= 4 is 5.96 Å². The van der Waals surface area contributed by atoms with Gasteiger partial charge in [0.15, 0.2) is 5.96 Å². The van der Waals surface area contributed by atoms with Crippen LogP contribution in [0.25, 0.3) is 0 Å². The van der Waals surface area contributed by atoms with E-state index in [0.29, 0.717) is 31.2 Å². The van der Waals surface area contributed by atoms with E-state index in [1.54, 1.807) is 20.2 Å². The maximum Gasteiger partial charge on any atom is 0.191 e. The summed E-state index contributed by atoms with van der Waals surface area (Å²) >= 11 is 0. The minimum atomic E-state index is 0.121. The summed E-state index contributed by atoms with van der Waals surface area (Å²) < 4.78 is 11.0. The fraction of sp³-hybridized carbons (Fsp3) is 0.409. The summed E-state index contributed by atoms with van der Waals surface area (Å²) in [6.07, 6.45) is 0.790. The fourth-order valence-electron chi connectivity index (χ4n) is 2.77. The quantitative estimate of drug-likeness (QED) is 0.480. The first-order valence-corrected chi connectivity index (χ1v) is 9.49. The van der Waals surface area contributed by atoms with Crippen molar-refractivity contribution in [2.75, 3.05) is 20.7 Å². The summed E-state index contributed by atoms with van der Waals surface area (Å²) in [5.41, 5.74) is 3.10. The summed E-state index contributed by atoms with van der Waals surface area (Å²) in [5.74, 6) is 2.47. The number of methoxy groups -OCH3 is 1. The zero-order valence-electron chi connectivity index (χ0n) is 17.4. The molecule has 0 saturated heterocycles. The zero-order valence-corrected chi connectivity index (χ0v) is 17.4. The Morgan fingerprint density at radius 3 is 2.50 bits per heavy atom. The number of aliphatic imine (C=N–C) groups is 1. The Morgan fingerprint density at radius 2 is 1.86 bits per heavy atom. The predicted octanol–water partition coefficient (Wildman–Crippen LogP) is 3.40. The lowest BCUT2D eigenvalue weighted by molar-refractivity contribution is 0.239. The normalized spacial score (nSPS) is 11.4. The topological polar surface area (TPSA) is 75.1 Å². The molecule has 0 fully saturated rings. The highest BCUT2D eigenvalue weighted by atomic mass is 16.5.